The van der Waals surface area contributed by atoms with Crippen LogP contribution in [-0.4, -0.2) is 70.7 Å². The van der Waals surface area contributed by atoms with Gasteiger partial charge in [0.1, 0.15) is 0 Å². The molecular weight excluding hydrogens is 330 g/mol. The van der Waals surface area contributed by atoms with Gasteiger partial charge >= 0.3 is 0 Å². The van der Waals surface area contributed by atoms with Crippen LogP contribution < -0.4 is 5.32 Å². The maximum atomic E-state index is 13.2. The fourth-order valence-corrected chi connectivity index (χ4v) is 3.23. The van der Waals surface area contributed by atoms with E-state index in [4.69, 9.17) is 0 Å². The largest absolute Gasteiger partial charge is 0.355 e. The number of hydrogen-bond acceptors (Lipinski definition) is 4. The minimum atomic E-state index is -0.457. The molecule has 1 fully saturated rings. The van der Waals surface area contributed by atoms with Crippen molar-refractivity contribution in [1.29, 1.82) is 0 Å². The van der Waals surface area contributed by atoms with E-state index in [1.807, 2.05) is 54.4 Å². The van der Waals surface area contributed by atoms with Gasteiger partial charge in [0.15, 0.2) is 6.04 Å². The Hall–Kier alpha value is -2.67. The topological polar surface area (TPSA) is 70.5 Å². The lowest BCUT2D eigenvalue weighted by atomic mass is 10.1. The van der Waals surface area contributed by atoms with Gasteiger partial charge in [-0.1, -0.05) is 30.3 Å². The van der Waals surface area contributed by atoms with E-state index in [1.54, 1.807) is 10.9 Å². The zero-order valence-electron chi connectivity index (χ0n) is 15.0. The highest BCUT2D eigenvalue weighted by molar-refractivity contribution is 5.83. The molecule has 1 saturated heterocycles. The SMILES string of the molecule is CCNC(=O)CN1CCN(C(=O)[C@@H](c2ccccc2)n2cccn2)CC1. The molecule has 1 aliphatic heterocycles. The van der Waals surface area contributed by atoms with Crippen molar-refractivity contribution in [2.45, 2.75) is 13.0 Å². The first-order valence-electron chi connectivity index (χ1n) is 9.01. The first-order chi connectivity index (χ1) is 12.7. The number of amides is 2. The number of carbonyl (C=O) groups excluding carboxylic acids is 2. The molecule has 26 heavy (non-hydrogen) atoms. The summed E-state index contributed by atoms with van der Waals surface area (Å²) in [7, 11) is 0. The first kappa shape index (κ1) is 18.1. The van der Waals surface area contributed by atoms with Crippen LogP contribution in [0.3, 0.4) is 0 Å². The van der Waals surface area contributed by atoms with Crippen LogP contribution in [-0.2, 0) is 9.59 Å². The van der Waals surface area contributed by atoms with Crippen LogP contribution in [0.15, 0.2) is 48.8 Å². The monoisotopic (exact) mass is 355 g/mol. The molecule has 0 spiro atoms. The van der Waals surface area contributed by atoms with Gasteiger partial charge in [0.2, 0.25) is 5.91 Å². The van der Waals surface area contributed by atoms with Gasteiger partial charge in [-0.15, -0.1) is 0 Å². The van der Waals surface area contributed by atoms with Gasteiger partial charge in [0.05, 0.1) is 6.54 Å². The highest BCUT2D eigenvalue weighted by atomic mass is 16.2. The lowest BCUT2D eigenvalue weighted by Gasteiger charge is -2.36. The molecule has 0 saturated carbocycles. The fourth-order valence-electron chi connectivity index (χ4n) is 3.23. The van der Waals surface area contributed by atoms with E-state index >= 15 is 0 Å². The molecule has 1 aromatic heterocycles. The van der Waals surface area contributed by atoms with E-state index in [0.717, 1.165) is 5.56 Å². The smallest absolute Gasteiger partial charge is 0.252 e. The van der Waals surface area contributed by atoms with Gasteiger partial charge in [-0.05, 0) is 18.6 Å². The summed E-state index contributed by atoms with van der Waals surface area (Å²) in [5, 5.41) is 7.10. The third-order valence-corrected chi connectivity index (χ3v) is 4.56. The van der Waals surface area contributed by atoms with E-state index < -0.39 is 6.04 Å². The van der Waals surface area contributed by atoms with E-state index in [9.17, 15) is 9.59 Å². The van der Waals surface area contributed by atoms with Gasteiger partial charge in [0, 0.05) is 45.1 Å². The molecule has 0 bridgehead atoms. The second-order valence-electron chi connectivity index (χ2n) is 6.35. The summed E-state index contributed by atoms with van der Waals surface area (Å²) in [5.41, 5.74) is 0.922. The molecule has 0 aliphatic carbocycles. The molecule has 138 valence electrons. The molecule has 1 aliphatic rings. The van der Waals surface area contributed by atoms with Crippen molar-refractivity contribution >= 4 is 11.8 Å². The number of nitrogens with zero attached hydrogens (tertiary/aromatic N) is 4. The second kappa shape index (κ2) is 8.62. The van der Waals surface area contributed by atoms with Gasteiger partial charge in [-0.25, -0.2) is 0 Å². The Morgan fingerprint density at radius 3 is 2.46 bits per heavy atom. The lowest BCUT2D eigenvalue weighted by Crippen LogP contribution is -2.52. The normalized spacial score (nSPS) is 16.3. The van der Waals surface area contributed by atoms with Gasteiger partial charge in [-0.2, -0.15) is 5.10 Å². The predicted molar refractivity (Wildman–Crippen MR) is 98.5 cm³/mol. The maximum absolute atomic E-state index is 13.2. The number of nitrogens with one attached hydrogen (secondary N) is 1. The van der Waals surface area contributed by atoms with E-state index in [-0.39, 0.29) is 11.8 Å². The van der Waals surface area contributed by atoms with Crippen LogP contribution in [0.5, 0.6) is 0 Å². The van der Waals surface area contributed by atoms with E-state index in [2.05, 4.69) is 15.3 Å². The second-order valence-corrected chi connectivity index (χ2v) is 6.35. The van der Waals surface area contributed by atoms with Gasteiger partial charge in [0.25, 0.3) is 5.91 Å². The molecule has 7 nitrogen and oxygen atoms in total. The average Bonchev–Trinajstić information content (AvgIpc) is 3.18. The van der Waals surface area contributed by atoms with Crippen molar-refractivity contribution in [3.8, 4) is 0 Å². The first-order valence-corrected chi connectivity index (χ1v) is 9.01. The summed E-state index contributed by atoms with van der Waals surface area (Å²) in [6.45, 7) is 5.56. The molecule has 2 heterocycles. The van der Waals surface area contributed by atoms with Crippen molar-refractivity contribution in [2.24, 2.45) is 0 Å². The minimum absolute atomic E-state index is 0.0333. The Morgan fingerprint density at radius 2 is 1.85 bits per heavy atom. The van der Waals surface area contributed by atoms with Crippen LogP contribution >= 0.6 is 0 Å². The maximum Gasteiger partial charge on any atom is 0.252 e. The number of rotatable bonds is 6. The highest BCUT2D eigenvalue weighted by Crippen LogP contribution is 2.21. The zero-order chi connectivity index (χ0) is 18.4. The molecule has 3 rings (SSSR count). The standard InChI is InChI=1S/C19H25N5O2/c1-2-20-17(25)15-22-11-13-23(14-12-22)19(26)18(24-10-6-9-21-24)16-7-4-3-5-8-16/h3-10,18H,2,11-15H2,1H3,(H,20,25)/t18-/m1/s1. The fraction of sp³-hybridized carbons (Fsp3) is 0.421. The summed E-state index contributed by atoms with van der Waals surface area (Å²) in [5.74, 6) is 0.0727. The Bertz CT molecular complexity index is 709. The third kappa shape index (κ3) is 4.29. The van der Waals surface area contributed by atoms with Crippen molar-refractivity contribution in [1.82, 2.24) is 24.9 Å². The Morgan fingerprint density at radius 1 is 1.12 bits per heavy atom. The quantitative estimate of drug-likeness (QED) is 0.830. The molecule has 1 N–H and O–H groups in total. The molecule has 1 atom stereocenters. The van der Waals surface area contributed by atoms with Crippen LogP contribution in [0, 0.1) is 0 Å². The summed E-state index contributed by atoms with van der Waals surface area (Å²) >= 11 is 0. The molecule has 2 aromatic rings. The number of likely N-dealkylation sites (N-methyl/N-ethyl adjacent to an activating group) is 1. The third-order valence-electron chi connectivity index (χ3n) is 4.56. The number of piperazine rings is 1. The molecular formula is C19H25N5O2. The van der Waals surface area contributed by atoms with Gasteiger partial charge in [-0.3, -0.25) is 19.2 Å². The molecule has 0 unspecified atom stereocenters. The molecule has 0 radical (unpaired) electrons. The summed E-state index contributed by atoms with van der Waals surface area (Å²) in [6.07, 6.45) is 3.51. The Kier molecular flexibility index (Phi) is 6.01. The van der Waals surface area contributed by atoms with Crippen LogP contribution in [0.4, 0.5) is 0 Å². The molecule has 2 amide bonds. The van der Waals surface area contributed by atoms with Crippen LogP contribution in [0.2, 0.25) is 0 Å². The van der Waals surface area contributed by atoms with E-state index in [1.165, 1.54) is 0 Å². The Labute approximate surface area is 153 Å². The summed E-state index contributed by atoms with van der Waals surface area (Å²) in [6, 6.07) is 11.1. The summed E-state index contributed by atoms with van der Waals surface area (Å²) in [4.78, 5) is 28.9. The molecule has 7 heteroatoms. The van der Waals surface area contributed by atoms with Crippen molar-refractivity contribution < 1.29 is 9.59 Å². The highest BCUT2D eigenvalue weighted by Gasteiger charge is 2.30. The lowest BCUT2D eigenvalue weighted by molar-refractivity contribution is -0.135. The Balaban J connectivity index is 1.67. The van der Waals surface area contributed by atoms with Crippen LogP contribution in [0.25, 0.3) is 0 Å². The number of carbonyl (C=O) groups is 2. The van der Waals surface area contributed by atoms with Crippen molar-refractivity contribution in [3.05, 3.63) is 54.4 Å². The number of hydrogen-bond donors (Lipinski definition) is 1. The van der Waals surface area contributed by atoms with Crippen molar-refractivity contribution in [3.63, 3.8) is 0 Å². The van der Waals surface area contributed by atoms with Gasteiger partial charge < -0.3 is 10.2 Å². The predicted octanol–water partition coefficient (Wildman–Crippen LogP) is 0.753. The average molecular weight is 355 g/mol. The zero-order valence-corrected chi connectivity index (χ0v) is 15.0. The van der Waals surface area contributed by atoms with Crippen molar-refractivity contribution in [2.75, 3.05) is 39.3 Å². The van der Waals surface area contributed by atoms with Crippen LogP contribution in [0.1, 0.15) is 18.5 Å². The summed E-state index contributed by atoms with van der Waals surface area (Å²) < 4.78 is 1.71. The number of aromatic nitrogens is 2. The van der Waals surface area contributed by atoms with E-state index in [0.29, 0.717) is 39.3 Å². The molecule has 1 aromatic carbocycles. The number of benzene rings is 1. The minimum Gasteiger partial charge on any atom is -0.355 e.